The molecule has 2 N–H and O–H groups in total. The second-order valence-corrected chi connectivity index (χ2v) is 5.76. The summed E-state index contributed by atoms with van der Waals surface area (Å²) in [7, 11) is 0. The molecule has 0 rings (SSSR count). The van der Waals surface area contributed by atoms with Crippen LogP contribution in [0.1, 0.15) is 26.2 Å². The van der Waals surface area contributed by atoms with Crippen LogP contribution in [0.4, 0.5) is 0 Å². The van der Waals surface area contributed by atoms with Crippen molar-refractivity contribution in [3.05, 3.63) is 0 Å². The summed E-state index contributed by atoms with van der Waals surface area (Å²) in [6.45, 7) is 4.86. The molecule has 1 unspecified atom stereocenters. The minimum atomic E-state index is -0.0113. The molecule has 0 aromatic heterocycles. The molecule has 0 spiro atoms. The molecule has 0 aromatic carbocycles. The van der Waals surface area contributed by atoms with Gasteiger partial charge < -0.3 is 25.0 Å². The second kappa shape index (κ2) is 15.5. The molecular weight excluding hydrogens is 292 g/mol. The van der Waals surface area contributed by atoms with E-state index >= 15 is 0 Å². The van der Waals surface area contributed by atoms with Crippen LogP contribution in [0, 0.1) is 0 Å². The van der Waals surface area contributed by atoms with Gasteiger partial charge in [0.05, 0.1) is 6.61 Å². The Morgan fingerprint density at radius 2 is 2.10 bits per heavy atom. The molecule has 0 aliphatic carbocycles. The van der Waals surface area contributed by atoms with E-state index < -0.39 is 0 Å². The molecule has 0 heterocycles. The summed E-state index contributed by atoms with van der Waals surface area (Å²) in [5.41, 5.74) is 0. The second-order valence-electron chi connectivity index (χ2n) is 4.35. The Hall–Kier alpha value is -0.920. The summed E-state index contributed by atoms with van der Waals surface area (Å²) in [6.07, 6.45) is 3.13. The third kappa shape index (κ3) is 13.8. The van der Waals surface area contributed by atoms with Crippen molar-refractivity contribution in [1.29, 1.82) is 0 Å². The van der Waals surface area contributed by atoms with Gasteiger partial charge in [-0.1, -0.05) is 0 Å². The summed E-state index contributed by atoms with van der Waals surface area (Å²) in [5.74, 6) is 0.712. The minimum Gasteiger partial charge on any atom is -0.380 e. The zero-order valence-electron chi connectivity index (χ0n) is 12.6. The predicted octanol–water partition coefficient (Wildman–Crippen LogP) is 0.399. The fourth-order valence-electron chi connectivity index (χ4n) is 1.56. The Bertz CT molecular complexity index is 290. The third-order valence-corrected chi connectivity index (χ3v) is 3.92. The standard InChI is InChI=1S/C14H26N2O4S/c1-2-20-10-7-16-14(19)4-6-15-12-13(5-9-18)21-11-3-8-17/h8-9,13,15H,2-7,10-12H2,1H3,(H,16,19). The molecule has 1 amide bonds. The third-order valence-electron chi connectivity index (χ3n) is 2.62. The molecule has 6 nitrogen and oxygen atoms in total. The predicted molar refractivity (Wildman–Crippen MR) is 84.6 cm³/mol. The van der Waals surface area contributed by atoms with Crippen molar-refractivity contribution in [1.82, 2.24) is 10.6 Å². The molecule has 122 valence electrons. The van der Waals surface area contributed by atoms with Crippen molar-refractivity contribution in [3.63, 3.8) is 0 Å². The molecule has 0 bridgehead atoms. The van der Waals surface area contributed by atoms with Crippen molar-refractivity contribution < 1.29 is 19.1 Å². The lowest BCUT2D eigenvalue weighted by Crippen LogP contribution is -2.32. The van der Waals surface area contributed by atoms with Gasteiger partial charge in [-0.15, -0.1) is 0 Å². The summed E-state index contributed by atoms with van der Waals surface area (Å²) in [5, 5.41) is 6.09. The topological polar surface area (TPSA) is 84.5 Å². The minimum absolute atomic E-state index is 0.0113. The van der Waals surface area contributed by atoms with Gasteiger partial charge in [0.1, 0.15) is 12.6 Å². The van der Waals surface area contributed by atoms with Crippen molar-refractivity contribution >= 4 is 30.2 Å². The first-order valence-corrected chi connectivity index (χ1v) is 8.33. The zero-order chi connectivity index (χ0) is 15.8. The average Bonchev–Trinajstić information content (AvgIpc) is 2.48. The molecule has 0 saturated carbocycles. The number of ether oxygens (including phenoxy) is 1. The maximum atomic E-state index is 11.5. The number of aldehydes is 2. The number of carbonyl (C=O) groups is 3. The van der Waals surface area contributed by atoms with Gasteiger partial charge >= 0.3 is 0 Å². The molecule has 0 fully saturated rings. The van der Waals surface area contributed by atoms with Crippen LogP contribution < -0.4 is 10.6 Å². The zero-order valence-corrected chi connectivity index (χ0v) is 13.5. The fraction of sp³-hybridized carbons (Fsp3) is 0.786. The van der Waals surface area contributed by atoms with E-state index in [1.807, 2.05) is 6.92 Å². The van der Waals surface area contributed by atoms with Gasteiger partial charge in [0.2, 0.25) is 5.91 Å². The molecule has 0 aliphatic rings. The fourth-order valence-corrected chi connectivity index (χ4v) is 2.58. The van der Waals surface area contributed by atoms with Crippen LogP contribution in [0.5, 0.6) is 0 Å². The van der Waals surface area contributed by atoms with Crippen LogP contribution in [-0.2, 0) is 19.1 Å². The molecule has 0 saturated heterocycles. The Morgan fingerprint density at radius 3 is 2.76 bits per heavy atom. The van der Waals surface area contributed by atoms with Crippen LogP contribution in [-0.4, -0.2) is 62.3 Å². The van der Waals surface area contributed by atoms with E-state index in [4.69, 9.17) is 4.74 Å². The van der Waals surface area contributed by atoms with E-state index in [1.54, 1.807) is 11.8 Å². The van der Waals surface area contributed by atoms with Gasteiger partial charge in [-0.05, 0) is 6.92 Å². The number of amides is 1. The molecule has 0 aliphatic heterocycles. The lowest BCUT2D eigenvalue weighted by molar-refractivity contribution is -0.121. The number of carbonyl (C=O) groups excluding carboxylic acids is 3. The monoisotopic (exact) mass is 318 g/mol. The van der Waals surface area contributed by atoms with Gasteiger partial charge in [0.15, 0.2) is 0 Å². The van der Waals surface area contributed by atoms with Crippen LogP contribution in [0.3, 0.4) is 0 Å². The van der Waals surface area contributed by atoms with Crippen molar-refractivity contribution in [2.24, 2.45) is 0 Å². The van der Waals surface area contributed by atoms with Crippen LogP contribution in [0.25, 0.3) is 0 Å². The van der Waals surface area contributed by atoms with Crippen molar-refractivity contribution in [2.75, 3.05) is 38.6 Å². The van der Waals surface area contributed by atoms with E-state index in [9.17, 15) is 14.4 Å². The molecule has 7 heteroatoms. The highest BCUT2D eigenvalue weighted by Gasteiger charge is 2.08. The lowest BCUT2D eigenvalue weighted by Gasteiger charge is -2.14. The summed E-state index contributed by atoms with van der Waals surface area (Å²) in [4.78, 5) is 32.3. The van der Waals surface area contributed by atoms with Crippen LogP contribution in [0.2, 0.25) is 0 Å². The van der Waals surface area contributed by atoms with Gasteiger partial charge in [0, 0.05) is 56.5 Å². The first-order valence-electron chi connectivity index (χ1n) is 7.28. The first kappa shape index (κ1) is 20.1. The van der Waals surface area contributed by atoms with E-state index in [-0.39, 0.29) is 11.2 Å². The van der Waals surface area contributed by atoms with Crippen LogP contribution in [0.15, 0.2) is 0 Å². The summed E-state index contributed by atoms with van der Waals surface area (Å²) in [6, 6.07) is 0. The Kier molecular flexibility index (Phi) is 14.8. The van der Waals surface area contributed by atoms with E-state index in [0.717, 1.165) is 18.3 Å². The van der Waals surface area contributed by atoms with Crippen molar-refractivity contribution in [2.45, 2.75) is 31.4 Å². The average molecular weight is 318 g/mol. The van der Waals surface area contributed by atoms with E-state index in [2.05, 4.69) is 10.6 Å². The van der Waals surface area contributed by atoms with Crippen molar-refractivity contribution in [3.8, 4) is 0 Å². The SMILES string of the molecule is CCOCCNC(=O)CCNCC(CC=O)SCCC=O. The highest BCUT2D eigenvalue weighted by atomic mass is 32.2. The summed E-state index contributed by atoms with van der Waals surface area (Å²) >= 11 is 1.61. The number of hydrogen-bond acceptors (Lipinski definition) is 6. The molecule has 21 heavy (non-hydrogen) atoms. The Balaban J connectivity index is 3.61. The molecule has 0 radical (unpaired) electrons. The number of hydrogen-bond donors (Lipinski definition) is 2. The Morgan fingerprint density at radius 1 is 1.29 bits per heavy atom. The van der Waals surface area contributed by atoms with Gasteiger partial charge in [0.25, 0.3) is 0 Å². The van der Waals surface area contributed by atoms with E-state index in [1.165, 1.54) is 0 Å². The van der Waals surface area contributed by atoms with Gasteiger partial charge in [-0.25, -0.2) is 0 Å². The van der Waals surface area contributed by atoms with E-state index in [0.29, 0.717) is 52.1 Å². The Labute approximate surface area is 130 Å². The van der Waals surface area contributed by atoms with Crippen LogP contribution >= 0.6 is 11.8 Å². The molecule has 0 aromatic rings. The largest absolute Gasteiger partial charge is 0.380 e. The maximum Gasteiger partial charge on any atom is 0.221 e. The number of rotatable bonds is 15. The lowest BCUT2D eigenvalue weighted by atomic mass is 10.3. The maximum absolute atomic E-state index is 11.5. The van der Waals surface area contributed by atoms with Gasteiger partial charge in [-0.3, -0.25) is 4.79 Å². The van der Waals surface area contributed by atoms with Gasteiger partial charge in [-0.2, -0.15) is 11.8 Å². The summed E-state index contributed by atoms with van der Waals surface area (Å²) < 4.78 is 5.12. The highest BCUT2D eigenvalue weighted by Crippen LogP contribution is 2.13. The molecule has 1 atom stereocenters. The first-order chi connectivity index (χ1) is 10.2. The smallest absolute Gasteiger partial charge is 0.221 e. The normalized spacial score (nSPS) is 11.9. The number of thioether (sulfide) groups is 1. The highest BCUT2D eigenvalue weighted by molar-refractivity contribution is 7.99. The quantitative estimate of drug-likeness (QED) is 0.336. The molecular formula is C14H26N2O4S. The number of nitrogens with one attached hydrogen (secondary N) is 2.